The number of hydrogen-bond donors (Lipinski definition) is 1. The molecule has 9 heteroatoms. The van der Waals surface area contributed by atoms with Gasteiger partial charge in [0, 0.05) is 74.1 Å². The molecule has 5 rings (SSSR count). The zero-order chi connectivity index (χ0) is 23.4. The Balaban J connectivity index is 0.00000105. The Bertz CT molecular complexity index is 1330. The van der Waals surface area contributed by atoms with Gasteiger partial charge >= 0.3 is 0 Å². The van der Waals surface area contributed by atoms with E-state index in [0.29, 0.717) is 33.9 Å². The second-order valence-corrected chi connectivity index (χ2v) is 7.01. The molecular formula is C25H19BN5O2Y-. The van der Waals surface area contributed by atoms with Crippen molar-refractivity contribution >= 4 is 42.7 Å². The summed E-state index contributed by atoms with van der Waals surface area (Å²) in [7, 11) is 6.34. The maximum absolute atomic E-state index is 13.2. The molecule has 1 heterocycles. The van der Waals surface area contributed by atoms with E-state index < -0.39 is 0 Å². The number of rotatable bonds is 4. The average Bonchev–Trinajstić information content (AvgIpc) is 2.88. The van der Waals surface area contributed by atoms with Crippen molar-refractivity contribution < 1.29 is 42.3 Å². The summed E-state index contributed by atoms with van der Waals surface area (Å²) in [4.78, 5) is 40.5. The first-order valence-electron chi connectivity index (χ1n) is 10.2. The Morgan fingerprint density at radius 1 is 0.794 bits per heavy atom. The first kappa shape index (κ1) is 25.4. The summed E-state index contributed by atoms with van der Waals surface area (Å²) in [5.74, 6) is 0.218. The van der Waals surface area contributed by atoms with Gasteiger partial charge in [-0.2, -0.15) is 0 Å². The molecule has 4 aromatic rings. The molecule has 1 N–H and O–H groups in total. The van der Waals surface area contributed by atoms with Gasteiger partial charge in [0.1, 0.15) is 11.9 Å². The molecule has 0 fully saturated rings. The standard InChI is InChI=1S/C24H16N5O2.CH3B.Y/c1-29(15-8-3-2-4-9-15)24-26-14-25-23(28-24)27-19-13-7-12-18-20(19)22(31)17-11-6-5-10-16(17)21(18)30;1-2;/h2-13H,1H3,(H,25,26,27,28);1H3;/q-1;;. The van der Waals surface area contributed by atoms with E-state index in [2.05, 4.69) is 34.4 Å². The first-order valence-corrected chi connectivity index (χ1v) is 10.2. The van der Waals surface area contributed by atoms with Crippen LogP contribution >= 0.6 is 0 Å². The SMILES string of the molecule is CN(c1ccccc1)c1n[c-]nc(Nc2cccc3c2C(=O)c2ccccc2C3=O)n1.[B]C.[Y]. The maximum Gasteiger partial charge on any atom is 0.196 e. The minimum atomic E-state index is -0.215. The number of benzene rings is 3. The molecule has 0 saturated heterocycles. The molecule has 1 aliphatic carbocycles. The van der Waals surface area contributed by atoms with Crippen LogP contribution in [0.4, 0.5) is 23.3 Å². The van der Waals surface area contributed by atoms with Crippen molar-refractivity contribution in [1.82, 2.24) is 15.0 Å². The Labute approximate surface area is 224 Å². The number of carbonyl (C=O) groups is 2. The van der Waals surface area contributed by atoms with Crippen molar-refractivity contribution in [2.24, 2.45) is 0 Å². The Morgan fingerprint density at radius 3 is 2.12 bits per heavy atom. The number of hydrogen-bond acceptors (Lipinski definition) is 7. The largest absolute Gasteiger partial charge is 0.377 e. The van der Waals surface area contributed by atoms with Crippen LogP contribution < -0.4 is 10.2 Å². The van der Waals surface area contributed by atoms with Crippen LogP contribution in [0.2, 0.25) is 6.82 Å². The number of para-hydroxylation sites is 1. The molecule has 0 atom stereocenters. The van der Waals surface area contributed by atoms with E-state index in [9.17, 15) is 9.59 Å². The second kappa shape index (κ2) is 11.3. The van der Waals surface area contributed by atoms with Crippen LogP contribution in [0.25, 0.3) is 0 Å². The van der Waals surface area contributed by atoms with Crippen molar-refractivity contribution in [1.29, 1.82) is 0 Å². The van der Waals surface area contributed by atoms with Crippen LogP contribution in [0.5, 0.6) is 0 Å². The predicted octanol–water partition coefficient (Wildman–Crippen LogP) is 4.16. The molecule has 0 unspecified atom stereocenters. The van der Waals surface area contributed by atoms with Crippen LogP contribution in [0.15, 0.2) is 72.8 Å². The molecule has 0 saturated carbocycles. The van der Waals surface area contributed by atoms with Crippen LogP contribution in [0.1, 0.15) is 31.8 Å². The van der Waals surface area contributed by atoms with Gasteiger partial charge in [0.05, 0.1) is 13.4 Å². The van der Waals surface area contributed by atoms with Crippen LogP contribution in [-0.2, 0) is 32.7 Å². The fourth-order valence-electron chi connectivity index (χ4n) is 3.60. The maximum atomic E-state index is 13.2. The van der Waals surface area contributed by atoms with Gasteiger partial charge in [-0.1, -0.05) is 61.4 Å². The molecule has 163 valence electrons. The molecule has 0 spiro atoms. The van der Waals surface area contributed by atoms with Crippen molar-refractivity contribution in [3.05, 3.63) is 101 Å². The second-order valence-electron chi connectivity index (χ2n) is 7.01. The summed E-state index contributed by atoms with van der Waals surface area (Å²) in [6, 6.07) is 21.6. The summed E-state index contributed by atoms with van der Waals surface area (Å²) in [6.07, 6.45) is 2.60. The predicted molar refractivity (Wildman–Crippen MR) is 128 cm³/mol. The van der Waals surface area contributed by atoms with Gasteiger partial charge in [-0.25, -0.2) is 0 Å². The van der Waals surface area contributed by atoms with Crippen molar-refractivity contribution in [3.8, 4) is 0 Å². The van der Waals surface area contributed by atoms with Gasteiger partial charge in [-0.3, -0.25) is 9.59 Å². The zero-order valence-electron chi connectivity index (χ0n) is 18.7. The third kappa shape index (κ3) is 4.83. The monoisotopic (exact) mass is 521 g/mol. The van der Waals surface area contributed by atoms with Crippen LogP contribution in [0.3, 0.4) is 0 Å². The number of ketones is 2. The van der Waals surface area contributed by atoms with Gasteiger partial charge in [0.25, 0.3) is 0 Å². The van der Waals surface area contributed by atoms with Crippen molar-refractivity contribution in [2.45, 2.75) is 6.82 Å². The van der Waals surface area contributed by atoms with Crippen LogP contribution in [-0.4, -0.2) is 41.4 Å². The number of nitrogens with one attached hydrogen (secondary N) is 1. The Morgan fingerprint density at radius 2 is 1.41 bits per heavy atom. The van der Waals surface area contributed by atoms with Crippen molar-refractivity contribution in [2.75, 3.05) is 17.3 Å². The van der Waals surface area contributed by atoms with Crippen molar-refractivity contribution in [3.63, 3.8) is 0 Å². The smallest absolute Gasteiger partial charge is 0.196 e. The summed E-state index contributed by atoms with van der Waals surface area (Å²) in [5, 5.41) is 3.07. The molecule has 7 nitrogen and oxygen atoms in total. The summed E-state index contributed by atoms with van der Waals surface area (Å²) in [6.45, 7) is 1.50. The van der Waals surface area contributed by atoms with E-state index in [1.165, 1.54) is 6.82 Å². The molecule has 0 bridgehead atoms. The molecule has 3 aromatic carbocycles. The molecule has 1 aromatic heterocycles. The molecule has 1 aliphatic rings. The minimum absolute atomic E-state index is 0. The summed E-state index contributed by atoms with van der Waals surface area (Å²) in [5.41, 5.74) is 2.83. The molecule has 0 amide bonds. The van der Waals surface area contributed by atoms with Gasteiger partial charge in [-0.15, -0.1) is 0 Å². The van der Waals surface area contributed by atoms with Gasteiger partial charge in [0.15, 0.2) is 11.6 Å². The number of carbonyl (C=O) groups excluding carboxylic acids is 2. The number of nitrogens with zero attached hydrogens (tertiary/aromatic N) is 4. The van der Waals surface area contributed by atoms with Gasteiger partial charge in [0.2, 0.25) is 0 Å². The van der Waals surface area contributed by atoms with E-state index >= 15 is 0 Å². The Kier molecular flexibility index (Phi) is 8.42. The molecule has 3 radical (unpaired) electrons. The topological polar surface area (TPSA) is 88.1 Å². The zero-order valence-corrected chi connectivity index (χ0v) is 21.5. The van der Waals surface area contributed by atoms with E-state index in [4.69, 9.17) is 0 Å². The van der Waals surface area contributed by atoms with Gasteiger partial charge < -0.3 is 25.2 Å². The fourth-order valence-corrected chi connectivity index (χ4v) is 3.60. The number of anilines is 4. The molecule has 34 heavy (non-hydrogen) atoms. The first-order chi connectivity index (χ1) is 16.1. The third-order valence-corrected chi connectivity index (χ3v) is 5.15. The van der Waals surface area contributed by atoms with Gasteiger partial charge in [-0.05, 0) is 18.2 Å². The fraction of sp³-hybridized carbons (Fsp3) is 0.0800. The van der Waals surface area contributed by atoms with E-state index in [1.807, 2.05) is 37.4 Å². The van der Waals surface area contributed by atoms with Crippen LogP contribution in [0, 0.1) is 6.33 Å². The Hall–Kier alpha value is -3.22. The molecule has 0 aliphatic heterocycles. The van der Waals surface area contributed by atoms with E-state index in [1.54, 1.807) is 47.4 Å². The minimum Gasteiger partial charge on any atom is -0.377 e. The van der Waals surface area contributed by atoms with E-state index in [0.717, 1.165) is 5.69 Å². The number of fused-ring (bicyclic) bond motifs is 2. The average molecular weight is 521 g/mol. The van der Waals surface area contributed by atoms with E-state index in [-0.39, 0.29) is 50.2 Å². The number of aromatic nitrogens is 3. The third-order valence-electron chi connectivity index (χ3n) is 5.15. The normalized spacial score (nSPS) is 11.2. The molecular weight excluding hydrogens is 502 g/mol. The summed E-state index contributed by atoms with van der Waals surface area (Å²) < 4.78 is 0. The quantitative estimate of drug-likeness (QED) is 0.281. The summed E-state index contributed by atoms with van der Waals surface area (Å²) >= 11 is 0.